The van der Waals surface area contributed by atoms with Crippen molar-refractivity contribution in [2.75, 3.05) is 13.7 Å². The summed E-state index contributed by atoms with van der Waals surface area (Å²) in [7, 11) is 1.44. The molecule has 1 fully saturated rings. The second-order valence-corrected chi connectivity index (χ2v) is 4.81. The van der Waals surface area contributed by atoms with Gasteiger partial charge in [0.15, 0.2) is 0 Å². The number of halogens is 2. The number of ether oxygens (including phenoxy) is 1. The third-order valence-corrected chi connectivity index (χ3v) is 3.47. The molecular weight excluding hydrogens is 268 g/mol. The van der Waals surface area contributed by atoms with Gasteiger partial charge >= 0.3 is 5.97 Å². The Morgan fingerprint density at radius 3 is 2.75 bits per heavy atom. The van der Waals surface area contributed by atoms with Crippen molar-refractivity contribution in [3.63, 3.8) is 0 Å². The Labute approximate surface area is 115 Å². The number of rotatable bonds is 4. The minimum Gasteiger partial charge on any atom is -0.480 e. The zero-order chi connectivity index (χ0) is 14.7. The lowest BCUT2D eigenvalue weighted by atomic mass is 9.92. The van der Waals surface area contributed by atoms with Gasteiger partial charge in [0.2, 0.25) is 0 Å². The highest BCUT2D eigenvalue weighted by Gasteiger charge is 2.29. The molecule has 2 atom stereocenters. The number of likely N-dealkylation sites (N-methyl/N-ethyl adjacent to an activating group) is 1. The summed E-state index contributed by atoms with van der Waals surface area (Å²) in [4.78, 5) is 11.2. The number of carboxylic acids is 1. The van der Waals surface area contributed by atoms with Crippen LogP contribution in [0.4, 0.5) is 8.78 Å². The average Bonchev–Trinajstić information content (AvgIpc) is 2.39. The molecule has 0 unspecified atom stereocenters. The first-order valence-electron chi connectivity index (χ1n) is 6.55. The van der Waals surface area contributed by atoms with Crippen molar-refractivity contribution in [2.45, 2.75) is 31.4 Å². The first kappa shape index (κ1) is 14.9. The standard InChI is InChI=1S/C14H17F2NO3/c1-17-13(14(18)19)9-6-8(15)7-10(16)12(9)11-4-2-3-5-20-11/h6-7,11,13,17H,2-5H2,1H3,(H,18,19)/t11-,13-/m1/s1. The van der Waals surface area contributed by atoms with Gasteiger partial charge in [0.1, 0.15) is 17.7 Å². The molecule has 2 rings (SSSR count). The zero-order valence-corrected chi connectivity index (χ0v) is 11.2. The Hall–Kier alpha value is -1.53. The molecule has 1 saturated heterocycles. The SMILES string of the molecule is CN[C@@H](C(=O)O)c1cc(F)cc(F)c1[C@H]1CCCCO1. The summed E-state index contributed by atoms with van der Waals surface area (Å²) < 4.78 is 33.1. The first-order valence-corrected chi connectivity index (χ1v) is 6.55. The van der Waals surface area contributed by atoms with Crippen LogP contribution in [0.1, 0.15) is 42.5 Å². The summed E-state index contributed by atoms with van der Waals surface area (Å²) in [6, 6.07) is 0.664. The fourth-order valence-electron chi connectivity index (χ4n) is 2.56. The van der Waals surface area contributed by atoms with Crippen LogP contribution in [0.5, 0.6) is 0 Å². The van der Waals surface area contributed by atoms with Crippen LogP contribution in [0.25, 0.3) is 0 Å². The quantitative estimate of drug-likeness (QED) is 0.892. The van der Waals surface area contributed by atoms with Crippen molar-refractivity contribution >= 4 is 5.97 Å². The number of benzene rings is 1. The lowest BCUT2D eigenvalue weighted by molar-refractivity contribution is -0.139. The van der Waals surface area contributed by atoms with E-state index in [-0.39, 0.29) is 11.1 Å². The topological polar surface area (TPSA) is 58.6 Å². The summed E-state index contributed by atoms with van der Waals surface area (Å²) in [5.41, 5.74) is 0.234. The van der Waals surface area contributed by atoms with E-state index in [0.29, 0.717) is 13.0 Å². The van der Waals surface area contributed by atoms with Crippen LogP contribution in [0, 0.1) is 11.6 Å². The molecule has 1 aliphatic heterocycles. The van der Waals surface area contributed by atoms with Crippen molar-refractivity contribution in [2.24, 2.45) is 0 Å². The Balaban J connectivity index is 2.50. The van der Waals surface area contributed by atoms with Crippen LogP contribution in [0.2, 0.25) is 0 Å². The second kappa shape index (κ2) is 6.28. The summed E-state index contributed by atoms with van der Waals surface area (Å²) in [6.45, 7) is 0.498. The Kier molecular flexibility index (Phi) is 4.67. The molecule has 20 heavy (non-hydrogen) atoms. The number of hydrogen-bond donors (Lipinski definition) is 2. The molecule has 1 heterocycles. The van der Waals surface area contributed by atoms with Crippen molar-refractivity contribution < 1.29 is 23.4 Å². The maximum atomic E-state index is 14.1. The van der Waals surface area contributed by atoms with Crippen LogP contribution >= 0.6 is 0 Å². The molecule has 0 bridgehead atoms. The second-order valence-electron chi connectivity index (χ2n) is 4.81. The normalized spacial score (nSPS) is 20.6. The number of aliphatic carboxylic acids is 1. The van der Waals surface area contributed by atoms with Gasteiger partial charge in [-0.05, 0) is 37.9 Å². The van der Waals surface area contributed by atoms with E-state index in [9.17, 15) is 18.7 Å². The third-order valence-electron chi connectivity index (χ3n) is 3.47. The smallest absolute Gasteiger partial charge is 0.325 e. The van der Waals surface area contributed by atoms with E-state index in [2.05, 4.69) is 5.32 Å². The van der Waals surface area contributed by atoms with E-state index in [0.717, 1.165) is 25.0 Å². The van der Waals surface area contributed by atoms with Gasteiger partial charge in [-0.3, -0.25) is 4.79 Å². The van der Waals surface area contributed by atoms with Gasteiger partial charge in [0, 0.05) is 18.2 Å². The molecule has 6 heteroatoms. The predicted octanol–water partition coefficient (Wildman–Crippen LogP) is 2.55. The molecule has 2 N–H and O–H groups in total. The van der Waals surface area contributed by atoms with Crippen LogP contribution in [0.3, 0.4) is 0 Å². The van der Waals surface area contributed by atoms with Crippen LogP contribution in [-0.4, -0.2) is 24.7 Å². The lowest BCUT2D eigenvalue weighted by Crippen LogP contribution is -2.28. The van der Waals surface area contributed by atoms with Crippen LogP contribution in [0.15, 0.2) is 12.1 Å². The molecule has 1 aromatic carbocycles. The molecule has 0 aliphatic carbocycles. The highest BCUT2D eigenvalue weighted by molar-refractivity contribution is 5.76. The predicted molar refractivity (Wildman–Crippen MR) is 68.3 cm³/mol. The molecule has 0 aromatic heterocycles. The van der Waals surface area contributed by atoms with Gasteiger partial charge < -0.3 is 15.2 Å². The van der Waals surface area contributed by atoms with Gasteiger partial charge in [-0.25, -0.2) is 8.78 Å². The minimum atomic E-state index is -1.19. The molecule has 110 valence electrons. The number of nitrogens with one attached hydrogen (secondary N) is 1. The molecule has 0 radical (unpaired) electrons. The third kappa shape index (κ3) is 2.96. The summed E-state index contributed by atoms with van der Waals surface area (Å²) >= 11 is 0. The molecular formula is C14H17F2NO3. The molecule has 1 aromatic rings. The number of carboxylic acid groups (broad SMARTS) is 1. The Bertz CT molecular complexity index is 501. The molecule has 0 saturated carbocycles. The zero-order valence-electron chi connectivity index (χ0n) is 11.2. The molecule has 0 spiro atoms. The first-order chi connectivity index (χ1) is 9.54. The molecule has 4 nitrogen and oxygen atoms in total. The summed E-state index contributed by atoms with van der Waals surface area (Å²) in [5, 5.41) is 11.7. The van der Waals surface area contributed by atoms with Crippen molar-refractivity contribution in [1.29, 1.82) is 0 Å². The van der Waals surface area contributed by atoms with Gasteiger partial charge in [-0.2, -0.15) is 0 Å². The van der Waals surface area contributed by atoms with Crippen molar-refractivity contribution in [1.82, 2.24) is 5.32 Å². The minimum absolute atomic E-state index is 0.0874. The van der Waals surface area contributed by atoms with Gasteiger partial charge in [-0.1, -0.05) is 0 Å². The van der Waals surface area contributed by atoms with Gasteiger partial charge in [0.25, 0.3) is 0 Å². The number of carbonyl (C=O) groups is 1. The van der Waals surface area contributed by atoms with E-state index >= 15 is 0 Å². The van der Waals surface area contributed by atoms with Gasteiger partial charge in [-0.15, -0.1) is 0 Å². The van der Waals surface area contributed by atoms with E-state index in [1.54, 1.807) is 0 Å². The van der Waals surface area contributed by atoms with E-state index in [4.69, 9.17) is 4.74 Å². The highest BCUT2D eigenvalue weighted by Crippen LogP contribution is 2.35. The molecule has 1 aliphatic rings. The van der Waals surface area contributed by atoms with E-state index in [1.165, 1.54) is 7.05 Å². The monoisotopic (exact) mass is 285 g/mol. The fourth-order valence-corrected chi connectivity index (χ4v) is 2.56. The largest absolute Gasteiger partial charge is 0.480 e. The summed E-state index contributed by atoms with van der Waals surface area (Å²) in [6.07, 6.45) is 1.85. The van der Waals surface area contributed by atoms with E-state index < -0.39 is 29.7 Å². The Morgan fingerprint density at radius 1 is 1.45 bits per heavy atom. The average molecular weight is 285 g/mol. The number of hydrogen-bond acceptors (Lipinski definition) is 3. The van der Waals surface area contributed by atoms with E-state index in [1.807, 2.05) is 0 Å². The lowest BCUT2D eigenvalue weighted by Gasteiger charge is -2.27. The maximum absolute atomic E-state index is 14.1. The Morgan fingerprint density at radius 2 is 2.20 bits per heavy atom. The highest BCUT2D eigenvalue weighted by atomic mass is 19.1. The van der Waals surface area contributed by atoms with Gasteiger partial charge in [0.05, 0.1) is 6.10 Å². The maximum Gasteiger partial charge on any atom is 0.325 e. The van der Waals surface area contributed by atoms with Crippen molar-refractivity contribution in [3.8, 4) is 0 Å². The molecule has 0 amide bonds. The van der Waals surface area contributed by atoms with Crippen molar-refractivity contribution in [3.05, 3.63) is 34.9 Å². The van der Waals surface area contributed by atoms with Crippen LogP contribution < -0.4 is 5.32 Å². The van der Waals surface area contributed by atoms with Crippen LogP contribution in [-0.2, 0) is 9.53 Å². The fraction of sp³-hybridized carbons (Fsp3) is 0.500. The summed E-state index contributed by atoms with van der Waals surface area (Å²) in [5.74, 6) is -2.73.